The van der Waals surface area contributed by atoms with Crippen molar-refractivity contribution in [2.45, 2.75) is 174 Å². The molecule has 0 bridgehead atoms. The van der Waals surface area contributed by atoms with E-state index in [1.54, 1.807) is 18.2 Å². The number of likely N-dealkylation sites (N-methyl/N-ethyl adjacent to an activating group) is 1. The Hall–Kier alpha value is -2.83. The summed E-state index contributed by atoms with van der Waals surface area (Å²) in [6.45, 7) is 8.25. The molecule has 1 unspecified atom stereocenters. The maximum Gasteiger partial charge on any atom is 0.472 e. The normalized spacial score (nSPS) is 15.0. The molecule has 0 radical (unpaired) electrons. The third-order valence-corrected chi connectivity index (χ3v) is 11.2. The zero-order chi connectivity index (χ0) is 45.4. The monoisotopic (exact) mass is 881 g/mol. The highest BCUT2D eigenvalue weighted by Gasteiger charge is 2.27. The van der Waals surface area contributed by atoms with Crippen molar-refractivity contribution < 1.29 is 56.7 Å². The number of aryl methyl sites for hydroxylation is 2. The number of phosphoric ester groups is 1. The number of rotatable bonds is 37. The molecule has 1 heterocycles. The summed E-state index contributed by atoms with van der Waals surface area (Å²) in [5.74, 6) is 1.22. The highest BCUT2D eigenvalue weighted by atomic mass is 31.2. The number of allylic oxidation sites excluding steroid dienone is 6. The van der Waals surface area contributed by atoms with E-state index < -0.39 is 44.7 Å². The number of carbonyl (C=O) groups excluding carboxylic acids is 2. The van der Waals surface area contributed by atoms with Crippen molar-refractivity contribution in [3.63, 3.8) is 0 Å². The van der Waals surface area contributed by atoms with Gasteiger partial charge < -0.3 is 33.5 Å². The highest BCUT2D eigenvalue weighted by Crippen LogP contribution is 2.43. The van der Waals surface area contributed by atoms with Crippen LogP contribution in [0.1, 0.15) is 152 Å². The van der Waals surface area contributed by atoms with E-state index in [1.807, 2.05) is 51.5 Å². The molecule has 0 aliphatic heterocycles. The summed E-state index contributed by atoms with van der Waals surface area (Å²) in [6.07, 6.45) is 29.4. The largest absolute Gasteiger partial charge is 0.472 e. The third-order valence-electron chi connectivity index (χ3n) is 10.2. The summed E-state index contributed by atoms with van der Waals surface area (Å²) in [5.41, 5.74) is 2.60. The van der Waals surface area contributed by atoms with Gasteiger partial charge in [0, 0.05) is 25.7 Å². The quantitative estimate of drug-likeness (QED) is 0.0192. The summed E-state index contributed by atoms with van der Waals surface area (Å²) in [4.78, 5) is 35.5. The molecular formula is C48H83NO11P+. The van der Waals surface area contributed by atoms with Crippen molar-refractivity contribution >= 4 is 19.8 Å². The van der Waals surface area contributed by atoms with E-state index in [1.165, 1.54) is 24.0 Å². The van der Waals surface area contributed by atoms with Gasteiger partial charge in [-0.05, 0) is 69.9 Å². The first-order valence-electron chi connectivity index (χ1n) is 22.9. The van der Waals surface area contributed by atoms with Gasteiger partial charge in [-0.2, -0.15) is 0 Å². The van der Waals surface area contributed by atoms with E-state index in [9.17, 15) is 29.3 Å². The number of hydrogen-bond donors (Lipinski definition) is 3. The van der Waals surface area contributed by atoms with Gasteiger partial charge >= 0.3 is 19.8 Å². The Bertz CT molecular complexity index is 1490. The molecule has 0 spiro atoms. The minimum atomic E-state index is -4.46. The number of ether oxygens (including phenoxy) is 2. The smallest absolute Gasteiger partial charge is 0.466 e. The number of esters is 2. The van der Waals surface area contributed by atoms with Crippen LogP contribution in [0.25, 0.3) is 0 Å². The number of hydrogen-bond acceptors (Lipinski definition) is 10. The number of aliphatic hydroxyl groups excluding tert-OH is 2. The van der Waals surface area contributed by atoms with E-state index in [-0.39, 0.29) is 26.1 Å². The maximum absolute atomic E-state index is 12.7. The number of carbonyl (C=O) groups is 2. The molecule has 1 aromatic rings. The van der Waals surface area contributed by atoms with Crippen molar-refractivity contribution in [2.75, 3.05) is 47.5 Å². The number of unbranched alkanes of at least 4 members (excludes halogenated alkanes) is 9. The fourth-order valence-corrected chi connectivity index (χ4v) is 7.07. The zero-order valence-corrected chi connectivity index (χ0v) is 39.7. The second kappa shape index (κ2) is 33.7. The number of quaternary nitrogens is 1. The van der Waals surface area contributed by atoms with Crippen LogP contribution in [0.5, 0.6) is 0 Å². The van der Waals surface area contributed by atoms with Crippen molar-refractivity contribution in [3.8, 4) is 0 Å². The molecule has 1 aromatic heterocycles. The van der Waals surface area contributed by atoms with E-state index in [2.05, 4.69) is 27.7 Å². The molecule has 0 aliphatic carbocycles. The van der Waals surface area contributed by atoms with Crippen LogP contribution >= 0.6 is 7.82 Å². The predicted molar refractivity (Wildman–Crippen MR) is 244 cm³/mol. The molecule has 0 saturated carbocycles. The van der Waals surface area contributed by atoms with Gasteiger partial charge in [-0.3, -0.25) is 18.6 Å². The lowest BCUT2D eigenvalue weighted by molar-refractivity contribution is -0.870. The van der Waals surface area contributed by atoms with Crippen molar-refractivity contribution in [2.24, 2.45) is 0 Å². The molecule has 0 amide bonds. The van der Waals surface area contributed by atoms with Crippen molar-refractivity contribution in [1.29, 1.82) is 0 Å². The molecule has 61 heavy (non-hydrogen) atoms. The van der Waals surface area contributed by atoms with Crippen LogP contribution in [0, 0.1) is 13.8 Å². The van der Waals surface area contributed by atoms with Crippen LogP contribution in [0.15, 0.2) is 53.0 Å². The Morgan fingerprint density at radius 2 is 1.25 bits per heavy atom. The molecule has 3 N–H and O–H groups in total. The van der Waals surface area contributed by atoms with Gasteiger partial charge in [-0.15, -0.1) is 0 Å². The molecule has 4 atom stereocenters. The topological polar surface area (TPSA) is 162 Å². The average molecular weight is 881 g/mol. The molecule has 0 aliphatic rings. The van der Waals surface area contributed by atoms with E-state index in [4.69, 9.17) is 22.9 Å². The Kier molecular flexibility index (Phi) is 31.0. The van der Waals surface area contributed by atoms with Gasteiger partial charge in [0.1, 0.15) is 31.3 Å². The molecule has 0 saturated heterocycles. The van der Waals surface area contributed by atoms with E-state index >= 15 is 0 Å². The van der Waals surface area contributed by atoms with Crippen LogP contribution < -0.4 is 0 Å². The molecule has 13 heteroatoms. The van der Waals surface area contributed by atoms with Crippen LogP contribution in [-0.2, 0) is 45.5 Å². The number of phosphoric acid groups is 1. The van der Waals surface area contributed by atoms with Gasteiger partial charge in [0.2, 0.25) is 0 Å². The second-order valence-electron chi connectivity index (χ2n) is 17.1. The highest BCUT2D eigenvalue weighted by molar-refractivity contribution is 7.47. The summed E-state index contributed by atoms with van der Waals surface area (Å²) < 4.78 is 40.3. The predicted octanol–water partition coefficient (Wildman–Crippen LogP) is 10.3. The van der Waals surface area contributed by atoms with Gasteiger partial charge in [0.25, 0.3) is 0 Å². The molecule has 350 valence electrons. The maximum atomic E-state index is 12.7. The Balaban J connectivity index is 2.44. The lowest BCUT2D eigenvalue weighted by Crippen LogP contribution is -2.37. The van der Waals surface area contributed by atoms with Gasteiger partial charge in [-0.1, -0.05) is 120 Å². The van der Waals surface area contributed by atoms with E-state index in [0.29, 0.717) is 36.7 Å². The summed E-state index contributed by atoms with van der Waals surface area (Å²) in [7, 11) is 1.30. The fourth-order valence-electron chi connectivity index (χ4n) is 6.33. The first kappa shape index (κ1) is 56.2. The molecule has 0 fully saturated rings. The van der Waals surface area contributed by atoms with Crippen molar-refractivity contribution in [1.82, 2.24) is 0 Å². The fraction of sp³-hybridized carbons (Fsp3) is 0.708. The first-order valence-corrected chi connectivity index (χ1v) is 24.4. The minimum absolute atomic E-state index is 0.0170. The van der Waals surface area contributed by atoms with Crippen LogP contribution in [-0.4, -0.2) is 97.3 Å². The Morgan fingerprint density at radius 3 is 1.84 bits per heavy atom. The van der Waals surface area contributed by atoms with E-state index in [0.717, 1.165) is 88.6 Å². The standard InChI is InChI=1S/C48H82NO11P/c1-8-10-22-29-42(50)30-23-18-14-13-15-19-24-31-43(51)32-27-35-48(53)59-44(39-58-61(54,55)57-37-36-49(5,6)7)38-56-47(52)34-26-21-17-12-11-16-20-25-33-46-41(4)40(3)45(60-46)28-9-2/h14-15,18-19,23-24,30-31,42-44,50-51H,8-13,16-17,20-22,25-29,32-39H2,1-7H3/p+1/b18-14-,19-15-,30-23+,31-24+/t42-,43-,44-/m1/s1. The molecule has 12 nitrogen and oxygen atoms in total. The van der Waals surface area contributed by atoms with Gasteiger partial charge in [0.05, 0.1) is 40.0 Å². The van der Waals surface area contributed by atoms with Crippen LogP contribution in [0.2, 0.25) is 0 Å². The van der Waals surface area contributed by atoms with Crippen molar-refractivity contribution in [3.05, 3.63) is 71.3 Å². The number of aliphatic hydroxyl groups is 2. The lowest BCUT2D eigenvalue weighted by Gasteiger charge is -2.24. The summed E-state index contributed by atoms with van der Waals surface area (Å²) >= 11 is 0. The molecule has 0 aromatic carbocycles. The minimum Gasteiger partial charge on any atom is -0.466 e. The first-order chi connectivity index (χ1) is 29.1. The summed E-state index contributed by atoms with van der Waals surface area (Å²) in [5, 5.41) is 20.3. The number of nitrogens with zero attached hydrogens (tertiary/aromatic N) is 1. The van der Waals surface area contributed by atoms with Crippen LogP contribution in [0.4, 0.5) is 0 Å². The second-order valence-corrected chi connectivity index (χ2v) is 18.5. The molecular weight excluding hydrogens is 797 g/mol. The third kappa shape index (κ3) is 30.8. The molecule has 1 rings (SSSR count). The summed E-state index contributed by atoms with van der Waals surface area (Å²) in [6, 6.07) is 0. The number of furan rings is 1. The SMILES string of the molecule is CCCCC[C@@H](O)/C=C/C=C\C/C=C\C=C\[C@@H](O)CCCC(=O)O[C@H](COC(=O)CCCCCCCCCCc1oc(CCC)c(C)c1C)COP(=O)(O)OCC[N+](C)(C)C. The zero-order valence-electron chi connectivity index (χ0n) is 38.8. The van der Waals surface area contributed by atoms with Crippen LogP contribution in [0.3, 0.4) is 0 Å². The van der Waals surface area contributed by atoms with Gasteiger partial charge in [0.15, 0.2) is 6.10 Å². The Labute approximate surface area is 368 Å². The Morgan fingerprint density at radius 1 is 0.689 bits per heavy atom. The lowest BCUT2D eigenvalue weighted by atomic mass is 10.0. The van der Waals surface area contributed by atoms with Gasteiger partial charge in [-0.25, -0.2) is 4.57 Å². The average Bonchev–Trinajstić information content (AvgIpc) is 3.46.